The Morgan fingerprint density at radius 1 is 0.969 bits per heavy atom. The van der Waals surface area contributed by atoms with Crippen molar-refractivity contribution < 1.29 is 9.90 Å². The van der Waals surface area contributed by atoms with E-state index >= 15 is 0 Å². The average molecular weight is 460 g/mol. The highest BCUT2D eigenvalue weighted by molar-refractivity contribution is 8.20. The Hall–Kier alpha value is -3.16. The zero-order valence-corrected chi connectivity index (χ0v) is 19.3. The number of amides is 1. The predicted octanol–water partition coefficient (Wildman–Crippen LogP) is 6.27. The number of benzene rings is 3. The summed E-state index contributed by atoms with van der Waals surface area (Å²) in [7, 11) is 0. The number of hydrogen-bond acceptors (Lipinski definition) is 6. The molecule has 0 aromatic heterocycles. The van der Waals surface area contributed by atoms with Gasteiger partial charge in [-0.25, -0.2) is 4.99 Å². The van der Waals surface area contributed by atoms with Crippen molar-refractivity contribution in [3.05, 3.63) is 88.3 Å². The first-order valence-electron chi connectivity index (χ1n) is 10.3. The maximum atomic E-state index is 13.8. The second-order valence-corrected chi connectivity index (χ2v) is 9.42. The summed E-state index contributed by atoms with van der Waals surface area (Å²) >= 11 is 2.97. The third-order valence-corrected chi connectivity index (χ3v) is 7.60. The van der Waals surface area contributed by atoms with Gasteiger partial charge in [-0.2, -0.15) is 0 Å². The molecule has 3 aromatic carbocycles. The van der Waals surface area contributed by atoms with Gasteiger partial charge in [0.1, 0.15) is 21.4 Å². The molecule has 0 spiro atoms. The lowest BCUT2D eigenvalue weighted by Gasteiger charge is -2.19. The minimum atomic E-state index is -0.108. The highest BCUT2D eigenvalue weighted by Crippen LogP contribution is 2.51. The molecule has 0 aliphatic carbocycles. The van der Waals surface area contributed by atoms with Crippen LogP contribution in [0.25, 0.3) is 0 Å². The lowest BCUT2D eigenvalue weighted by Crippen LogP contribution is -2.29. The van der Waals surface area contributed by atoms with E-state index in [0.717, 1.165) is 33.4 Å². The van der Waals surface area contributed by atoms with E-state index in [2.05, 4.69) is 28.9 Å². The van der Waals surface area contributed by atoms with E-state index in [1.165, 1.54) is 11.8 Å². The van der Waals surface area contributed by atoms with Gasteiger partial charge in [0.2, 0.25) is 0 Å². The van der Waals surface area contributed by atoms with Crippen LogP contribution in [-0.4, -0.2) is 22.7 Å². The van der Waals surface area contributed by atoms with E-state index in [-0.39, 0.29) is 11.7 Å². The lowest BCUT2D eigenvalue weighted by atomic mass is 10.2. The fraction of sp³-hybridized carbons (Fsp3) is 0.120. The molecule has 0 unspecified atom stereocenters. The monoisotopic (exact) mass is 459 g/mol. The van der Waals surface area contributed by atoms with Crippen molar-refractivity contribution in [2.24, 2.45) is 4.99 Å². The van der Waals surface area contributed by atoms with E-state index in [9.17, 15) is 9.90 Å². The van der Waals surface area contributed by atoms with Gasteiger partial charge in [0.15, 0.2) is 5.17 Å². The summed E-state index contributed by atoms with van der Waals surface area (Å²) in [6.45, 7) is 4.84. The van der Waals surface area contributed by atoms with E-state index in [0.29, 0.717) is 15.8 Å². The van der Waals surface area contributed by atoms with Gasteiger partial charge in [0.05, 0.1) is 11.4 Å². The number of anilines is 2. The second kappa shape index (κ2) is 8.41. The lowest BCUT2D eigenvalue weighted by molar-refractivity contribution is -0.113. The highest BCUT2D eigenvalue weighted by Gasteiger charge is 2.40. The van der Waals surface area contributed by atoms with Gasteiger partial charge in [-0.3, -0.25) is 9.69 Å². The number of aryl methyl sites for hydroxylation is 1. The number of hydrogen-bond donors (Lipinski definition) is 1. The number of nitrogens with zero attached hydrogens (tertiary/aromatic N) is 3. The number of phenolic OH excluding ortho intramolecular Hbond substituents is 1. The van der Waals surface area contributed by atoms with Crippen molar-refractivity contribution in [1.29, 1.82) is 0 Å². The zero-order valence-electron chi connectivity index (χ0n) is 17.6. The van der Waals surface area contributed by atoms with Crippen molar-refractivity contribution in [3.63, 3.8) is 0 Å². The molecular weight excluding hydrogens is 438 g/mol. The van der Waals surface area contributed by atoms with Crippen LogP contribution in [0.4, 0.5) is 17.1 Å². The minimum Gasteiger partial charge on any atom is -0.506 e. The normalized spacial score (nSPS) is 19.2. The van der Waals surface area contributed by atoms with Gasteiger partial charge in [0.25, 0.3) is 5.91 Å². The van der Waals surface area contributed by atoms with Crippen molar-refractivity contribution in [2.45, 2.75) is 18.7 Å². The Morgan fingerprint density at radius 3 is 2.53 bits per heavy atom. The maximum absolute atomic E-state index is 13.8. The Balaban J connectivity index is 1.65. The Kier molecular flexibility index (Phi) is 5.45. The Bertz CT molecular complexity index is 1290. The molecule has 2 aliphatic rings. The third kappa shape index (κ3) is 3.57. The van der Waals surface area contributed by atoms with Crippen molar-refractivity contribution in [3.8, 4) is 5.75 Å². The van der Waals surface area contributed by atoms with Crippen LogP contribution in [0.1, 0.15) is 12.5 Å². The molecule has 160 valence electrons. The van der Waals surface area contributed by atoms with Crippen LogP contribution in [-0.2, 0) is 4.79 Å². The molecule has 2 heterocycles. The van der Waals surface area contributed by atoms with Crippen LogP contribution >= 0.6 is 23.5 Å². The molecule has 1 amide bonds. The third-order valence-electron chi connectivity index (χ3n) is 5.26. The average Bonchev–Trinajstić information content (AvgIpc) is 3.32. The van der Waals surface area contributed by atoms with Gasteiger partial charge in [0, 0.05) is 11.4 Å². The van der Waals surface area contributed by atoms with Gasteiger partial charge < -0.3 is 10.0 Å². The molecule has 1 fully saturated rings. The fourth-order valence-electron chi connectivity index (χ4n) is 3.75. The smallest absolute Gasteiger partial charge is 0.274 e. The molecular formula is C25H21N3O2S2. The van der Waals surface area contributed by atoms with Crippen LogP contribution in [0.5, 0.6) is 5.75 Å². The first kappa shape index (κ1) is 20.7. The number of para-hydroxylation sites is 3. The quantitative estimate of drug-likeness (QED) is 0.468. The number of aliphatic imine (C=N–C) groups is 1. The molecule has 0 radical (unpaired) electrons. The number of fused-ring (bicyclic) bond motifs is 1. The summed E-state index contributed by atoms with van der Waals surface area (Å²) in [5.74, 6) is -0.0281. The van der Waals surface area contributed by atoms with E-state index in [1.54, 1.807) is 34.9 Å². The number of carbonyl (C=O) groups excluding carboxylic acids is 1. The summed E-state index contributed by atoms with van der Waals surface area (Å²) in [5.41, 5.74) is 3.36. The number of carbonyl (C=O) groups is 1. The molecule has 0 atom stereocenters. The fourth-order valence-corrected chi connectivity index (χ4v) is 6.14. The molecule has 32 heavy (non-hydrogen) atoms. The minimum absolute atomic E-state index is 0.0798. The van der Waals surface area contributed by atoms with Crippen LogP contribution < -0.4 is 9.80 Å². The maximum Gasteiger partial charge on any atom is 0.274 e. The molecule has 0 saturated carbocycles. The first-order chi connectivity index (χ1) is 15.6. The van der Waals surface area contributed by atoms with E-state index < -0.39 is 0 Å². The van der Waals surface area contributed by atoms with E-state index in [1.807, 2.05) is 49.4 Å². The number of rotatable bonds is 3. The Labute approximate surface area is 195 Å². The topological polar surface area (TPSA) is 56.1 Å². The number of phenols is 1. The SMILES string of the molecule is CCN1C(=C2SC(=Nc3ccccc3O)N(c3cccc(C)c3)C2=O)Sc2ccccc21. The van der Waals surface area contributed by atoms with Crippen LogP contribution in [0.3, 0.4) is 0 Å². The van der Waals surface area contributed by atoms with Gasteiger partial charge in [-0.1, -0.05) is 48.2 Å². The molecule has 1 saturated heterocycles. The molecule has 2 aliphatic heterocycles. The van der Waals surface area contributed by atoms with Crippen molar-refractivity contribution in [1.82, 2.24) is 0 Å². The number of amidine groups is 1. The van der Waals surface area contributed by atoms with Gasteiger partial charge >= 0.3 is 0 Å². The first-order valence-corrected chi connectivity index (χ1v) is 11.9. The van der Waals surface area contributed by atoms with Crippen molar-refractivity contribution >= 4 is 51.7 Å². The van der Waals surface area contributed by atoms with Crippen LogP contribution in [0.15, 0.2) is 92.6 Å². The number of aromatic hydroxyl groups is 1. The van der Waals surface area contributed by atoms with Gasteiger partial charge in [-0.15, -0.1) is 0 Å². The van der Waals surface area contributed by atoms with Crippen LogP contribution in [0, 0.1) is 6.92 Å². The summed E-state index contributed by atoms with van der Waals surface area (Å²) in [6, 6.07) is 22.9. The highest BCUT2D eigenvalue weighted by atomic mass is 32.2. The summed E-state index contributed by atoms with van der Waals surface area (Å²) in [4.78, 5) is 24.1. The molecule has 7 heteroatoms. The van der Waals surface area contributed by atoms with Crippen molar-refractivity contribution in [2.75, 3.05) is 16.3 Å². The Morgan fingerprint density at radius 2 is 1.75 bits per heavy atom. The molecule has 5 rings (SSSR count). The second-order valence-electron chi connectivity index (χ2n) is 7.41. The molecule has 1 N–H and O–H groups in total. The number of thioether (sulfide) groups is 2. The molecule has 0 bridgehead atoms. The summed E-state index contributed by atoms with van der Waals surface area (Å²) in [6.07, 6.45) is 0. The van der Waals surface area contributed by atoms with Gasteiger partial charge in [-0.05, 0) is 67.6 Å². The zero-order chi connectivity index (χ0) is 22.2. The van der Waals surface area contributed by atoms with Crippen LogP contribution in [0.2, 0.25) is 0 Å². The van der Waals surface area contributed by atoms with E-state index in [4.69, 9.17) is 0 Å². The summed E-state index contributed by atoms with van der Waals surface area (Å²) < 4.78 is 0. The molecule has 3 aromatic rings. The molecule has 5 nitrogen and oxygen atoms in total. The predicted molar refractivity (Wildman–Crippen MR) is 134 cm³/mol. The summed E-state index contributed by atoms with van der Waals surface area (Å²) in [5, 5.41) is 11.7. The standard InChI is InChI=1S/C25H21N3O2S2/c1-3-27-19-12-5-7-14-21(19)31-24(27)22-23(30)28(17-10-8-9-16(2)15-17)25(32-22)26-18-11-4-6-13-20(18)29/h4-15,29H,3H2,1-2H3. The largest absolute Gasteiger partial charge is 0.506 e.